The molecule has 4 nitrogen and oxygen atoms in total. The molecule has 0 saturated heterocycles. The van der Waals surface area contributed by atoms with Crippen molar-refractivity contribution >= 4 is 22.4 Å². The van der Waals surface area contributed by atoms with Crippen molar-refractivity contribution < 1.29 is 27.4 Å². The molecule has 0 fully saturated rings. The summed E-state index contributed by atoms with van der Waals surface area (Å²) in [6.45, 7) is 0.0461. The molecule has 0 unspecified atom stereocenters. The van der Waals surface area contributed by atoms with Gasteiger partial charge < -0.3 is 15.2 Å². The number of carbonyl (C=O) groups excluding carboxylic acids is 1. The molecule has 0 aliphatic heterocycles. The Morgan fingerprint density at radius 2 is 1.60 bits per heavy atom. The monoisotopic (exact) mass is 479 g/mol. The minimum atomic E-state index is -4.40. The Labute approximate surface area is 201 Å². The molecule has 0 radical (unpaired) electrons. The Hall–Kier alpha value is -4.00. The second-order valence-corrected chi connectivity index (χ2v) is 8.18. The molecule has 0 amide bonds. The fraction of sp³-hybridized carbons (Fsp3) is 0.179. The van der Waals surface area contributed by atoms with Gasteiger partial charge in [-0.1, -0.05) is 48.5 Å². The van der Waals surface area contributed by atoms with Gasteiger partial charge >= 0.3 is 12.1 Å². The molecule has 0 aliphatic rings. The summed E-state index contributed by atoms with van der Waals surface area (Å²) in [5, 5.41) is 2.12. The quantitative estimate of drug-likeness (QED) is 0.234. The molecule has 4 aromatic rings. The first-order valence-corrected chi connectivity index (χ1v) is 11.0. The highest BCUT2D eigenvalue weighted by Gasteiger charge is 2.30. The summed E-state index contributed by atoms with van der Waals surface area (Å²) >= 11 is 0. The number of hydrogen-bond acceptors (Lipinski definition) is 4. The minimum absolute atomic E-state index is 0.0461. The van der Waals surface area contributed by atoms with Gasteiger partial charge in [0.15, 0.2) is 5.75 Å². The minimum Gasteiger partial charge on any atom is -0.486 e. The number of esters is 1. The summed E-state index contributed by atoms with van der Waals surface area (Å²) in [5.74, 6) is 0.112. The van der Waals surface area contributed by atoms with Gasteiger partial charge in [-0.05, 0) is 64.2 Å². The number of rotatable bonds is 7. The van der Waals surface area contributed by atoms with Crippen LogP contribution in [0.25, 0.3) is 21.9 Å². The van der Waals surface area contributed by atoms with E-state index < -0.39 is 11.7 Å². The second kappa shape index (κ2) is 10.1. The largest absolute Gasteiger partial charge is 0.486 e. The highest BCUT2D eigenvalue weighted by Crippen LogP contribution is 2.38. The van der Waals surface area contributed by atoms with Gasteiger partial charge in [0.2, 0.25) is 0 Å². The van der Waals surface area contributed by atoms with Crippen molar-refractivity contribution in [1.82, 2.24) is 0 Å². The van der Waals surface area contributed by atoms with Crippen LogP contribution in [-0.2, 0) is 28.7 Å². The first-order valence-electron chi connectivity index (χ1n) is 11.0. The molecular weight excluding hydrogens is 455 g/mol. The maximum atomic E-state index is 12.9. The first-order chi connectivity index (χ1) is 16.7. The lowest BCUT2D eigenvalue weighted by Gasteiger charge is -2.17. The van der Waals surface area contributed by atoms with E-state index in [-0.39, 0.29) is 19.0 Å². The van der Waals surface area contributed by atoms with Gasteiger partial charge in [-0.25, -0.2) is 0 Å². The van der Waals surface area contributed by atoms with E-state index in [1.807, 2.05) is 48.5 Å². The summed E-state index contributed by atoms with van der Waals surface area (Å²) in [4.78, 5) is 11.6. The van der Waals surface area contributed by atoms with E-state index >= 15 is 0 Å². The molecular formula is C28H24F3NO3. The van der Waals surface area contributed by atoms with Crippen LogP contribution in [0.3, 0.4) is 0 Å². The number of carbonyl (C=O) groups is 1. The third kappa shape index (κ3) is 5.74. The normalized spacial score (nSPS) is 11.4. The molecule has 4 aromatic carbocycles. The first kappa shape index (κ1) is 24.1. The molecule has 0 aliphatic carbocycles. The van der Waals surface area contributed by atoms with E-state index in [1.54, 1.807) is 6.07 Å². The molecule has 2 N–H and O–H groups in total. The molecule has 0 bridgehead atoms. The van der Waals surface area contributed by atoms with Crippen LogP contribution in [0.15, 0.2) is 78.9 Å². The van der Waals surface area contributed by atoms with Crippen LogP contribution in [0.2, 0.25) is 0 Å². The number of aryl methyl sites for hydroxylation is 1. The van der Waals surface area contributed by atoms with Crippen molar-refractivity contribution in [2.75, 3.05) is 12.8 Å². The van der Waals surface area contributed by atoms with Crippen molar-refractivity contribution in [3.63, 3.8) is 0 Å². The van der Waals surface area contributed by atoms with Gasteiger partial charge in [-0.15, -0.1) is 0 Å². The Kier molecular flexibility index (Phi) is 6.96. The highest BCUT2D eigenvalue weighted by molar-refractivity contribution is 5.89. The van der Waals surface area contributed by atoms with Crippen LogP contribution in [0.1, 0.15) is 23.1 Å². The Bertz CT molecular complexity index is 1350. The summed E-state index contributed by atoms with van der Waals surface area (Å²) in [5.41, 5.74) is 9.07. The predicted octanol–water partition coefficient (Wildman–Crippen LogP) is 6.79. The zero-order valence-corrected chi connectivity index (χ0v) is 19.1. The van der Waals surface area contributed by atoms with Crippen LogP contribution in [0.5, 0.6) is 5.75 Å². The van der Waals surface area contributed by atoms with Gasteiger partial charge in [0.1, 0.15) is 6.61 Å². The summed E-state index contributed by atoms with van der Waals surface area (Å²) in [7, 11) is 1.34. The summed E-state index contributed by atoms with van der Waals surface area (Å²) < 4.78 is 49.4. The van der Waals surface area contributed by atoms with Crippen LogP contribution in [-0.4, -0.2) is 13.1 Å². The standard InChI is InChI=1S/C28H24F3NO3/c1-34-26(33)13-8-19-14-24(22-10-9-20-4-2-3-5-21(20)16-22)27(25(32)15-19)35-17-18-6-11-23(12-7-18)28(29,30)31/h2-7,9-12,14-16H,8,13,17,32H2,1H3. The maximum Gasteiger partial charge on any atom is 0.416 e. The van der Waals surface area contributed by atoms with E-state index in [9.17, 15) is 18.0 Å². The van der Waals surface area contributed by atoms with Gasteiger partial charge in [0, 0.05) is 12.0 Å². The molecule has 0 atom stereocenters. The van der Waals surface area contributed by atoms with Gasteiger partial charge in [-0.2, -0.15) is 13.2 Å². The Morgan fingerprint density at radius 3 is 2.29 bits per heavy atom. The Morgan fingerprint density at radius 1 is 0.886 bits per heavy atom. The van der Waals surface area contributed by atoms with Crippen molar-refractivity contribution in [3.8, 4) is 16.9 Å². The Balaban J connectivity index is 1.68. The lowest BCUT2D eigenvalue weighted by atomic mass is 9.96. The van der Waals surface area contributed by atoms with Gasteiger partial charge in [-0.3, -0.25) is 4.79 Å². The summed E-state index contributed by atoms with van der Waals surface area (Å²) in [6.07, 6.45) is -3.75. The topological polar surface area (TPSA) is 61.5 Å². The lowest BCUT2D eigenvalue weighted by molar-refractivity contribution is -0.140. The smallest absolute Gasteiger partial charge is 0.416 e. The van der Waals surface area contributed by atoms with Crippen molar-refractivity contribution in [2.24, 2.45) is 0 Å². The molecule has 0 aromatic heterocycles. The number of hydrogen-bond donors (Lipinski definition) is 1. The van der Waals surface area contributed by atoms with E-state index in [1.165, 1.54) is 19.2 Å². The average Bonchev–Trinajstić information content (AvgIpc) is 2.85. The van der Waals surface area contributed by atoms with Crippen molar-refractivity contribution in [3.05, 3.63) is 95.6 Å². The third-order valence-corrected chi connectivity index (χ3v) is 5.75. The average molecular weight is 479 g/mol. The molecule has 0 saturated carbocycles. The number of methoxy groups -OCH3 is 1. The van der Waals surface area contributed by atoms with Crippen LogP contribution in [0, 0.1) is 0 Å². The predicted molar refractivity (Wildman–Crippen MR) is 130 cm³/mol. The van der Waals surface area contributed by atoms with Crippen LogP contribution in [0.4, 0.5) is 18.9 Å². The SMILES string of the molecule is COC(=O)CCc1cc(N)c(OCc2ccc(C(F)(F)F)cc2)c(-c2ccc3ccccc3c2)c1. The van der Waals surface area contributed by atoms with Gasteiger partial charge in [0.25, 0.3) is 0 Å². The molecule has 4 rings (SSSR count). The third-order valence-electron chi connectivity index (χ3n) is 5.75. The zero-order valence-electron chi connectivity index (χ0n) is 19.1. The molecule has 7 heteroatoms. The van der Waals surface area contributed by atoms with Crippen LogP contribution < -0.4 is 10.5 Å². The number of ether oxygens (including phenoxy) is 2. The number of halogens is 3. The fourth-order valence-electron chi connectivity index (χ4n) is 3.88. The maximum absolute atomic E-state index is 12.9. The van der Waals surface area contributed by atoms with Crippen LogP contribution >= 0.6 is 0 Å². The second-order valence-electron chi connectivity index (χ2n) is 8.18. The number of benzene rings is 4. The fourth-order valence-corrected chi connectivity index (χ4v) is 3.88. The number of nitrogen functional groups attached to an aromatic ring is 1. The summed E-state index contributed by atoms with van der Waals surface area (Å²) in [6, 6.07) is 22.4. The van der Waals surface area contributed by atoms with E-state index in [4.69, 9.17) is 15.2 Å². The van der Waals surface area contributed by atoms with E-state index in [2.05, 4.69) is 0 Å². The number of fused-ring (bicyclic) bond motifs is 1. The van der Waals surface area contributed by atoms with Gasteiger partial charge in [0.05, 0.1) is 18.4 Å². The highest BCUT2D eigenvalue weighted by atomic mass is 19.4. The van der Waals surface area contributed by atoms with Crippen molar-refractivity contribution in [1.29, 1.82) is 0 Å². The van der Waals surface area contributed by atoms with E-state index in [0.717, 1.165) is 39.6 Å². The molecule has 0 heterocycles. The number of anilines is 1. The van der Waals surface area contributed by atoms with E-state index in [0.29, 0.717) is 23.4 Å². The molecule has 180 valence electrons. The number of nitrogens with two attached hydrogens (primary N) is 1. The zero-order chi connectivity index (χ0) is 25.0. The number of alkyl halides is 3. The van der Waals surface area contributed by atoms with Crippen molar-refractivity contribution in [2.45, 2.75) is 25.6 Å². The molecule has 0 spiro atoms. The molecule has 35 heavy (non-hydrogen) atoms. The lowest BCUT2D eigenvalue weighted by Crippen LogP contribution is -2.06.